The Morgan fingerprint density at radius 2 is 2.28 bits per heavy atom. The first-order valence-corrected chi connectivity index (χ1v) is 7.70. The van der Waals surface area contributed by atoms with Crippen LogP contribution < -0.4 is 26.7 Å². The van der Waals surface area contributed by atoms with Crippen molar-refractivity contribution in [3.05, 3.63) is 41.2 Å². The van der Waals surface area contributed by atoms with Crippen molar-refractivity contribution < 1.29 is 24.4 Å². The van der Waals surface area contributed by atoms with Gasteiger partial charge in [0.05, 0.1) is 11.5 Å². The minimum absolute atomic E-state index is 0.0249. The lowest BCUT2D eigenvalue weighted by atomic mass is 9.72. The number of amides is 1. The van der Waals surface area contributed by atoms with Gasteiger partial charge in [-0.25, -0.2) is 4.79 Å². The van der Waals surface area contributed by atoms with Crippen LogP contribution in [0.25, 0.3) is 0 Å². The average molecular weight is 347 g/mol. The number of benzene rings is 1. The van der Waals surface area contributed by atoms with Gasteiger partial charge in [-0.3, -0.25) is 15.2 Å². The second-order valence-electron chi connectivity index (χ2n) is 5.65. The van der Waals surface area contributed by atoms with Crippen LogP contribution in [0, 0.1) is 0 Å². The topological polar surface area (TPSA) is 149 Å². The molecule has 3 rings (SSSR count). The highest BCUT2D eigenvalue weighted by atomic mass is 16.5. The lowest BCUT2D eigenvalue weighted by molar-refractivity contribution is -0.118. The number of nitrogens with one attached hydrogen (secondary N) is 3. The summed E-state index contributed by atoms with van der Waals surface area (Å²) in [5.74, 6) is -2.16. The Bertz CT molecular complexity index is 728. The van der Waals surface area contributed by atoms with E-state index in [1.54, 1.807) is 23.3 Å². The number of rotatable bonds is 5. The van der Waals surface area contributed by atoms with Gasteiger partial charge in [-0.05, 0) is 18.1 Å². The van der Waals surface area contributed by atoms with Crippen LogP contribution in [-0.4, -0.2) is 53.2 Å². The molecule has 25 heavy (non-hydrogen) atoms. The number of hydrazine groups is 2. The molecule has 0 radical (unpaired) electrons. The zero-order chi connectivity index (χ0) is 18.0. The predicted molar refractivity (Wildman–Crippen MR) is 87.8 cm³/mol. The first-order valence-electron chi connectivity index (χ1n) is 7.70. The number of carbonyl (C=O) groups excluding carboxylic acids is 1. The van der Waals surface area contributed by atoms with E-state index >= 15 is 0 Å². The molecule has 0 spiro atoms. The van der Waals surface area contributed by atoms with E-state index in [4.69, 9.17) is 10.4 Å². The summed E-state index contributed by atoms with van der Waals surface area (Å²) in [6.07, 6.45) is 1.81. The molecular weight excluding hydrogens is 329 g/mol. The molecule has 1 aromatic carbocycles. The van der Waals surface area contributed by atoms with Gasteiger partial charge < -0.3 is 25.8 Å². The van der Waals surface area contributed by atoms with Crippen molar-refractivity contribution in [2.75, 3.05) is 13.1 Å². The van der Waals surface area contributed by atoms with Gasteiger partial charge in [0.1, 0.15) is 11.4 Å². The van der Waals surface area contributed by atoms with Crippen molar-refractivity contribution in [3.63, 3.8) is 0 Å². The summed E-state index contributed by atoms with van der Waals surface area (Å²) in [5, 5.41) is 23.6. The van der Waals surface area contributed by atoms with Gasteiger partial charge in [-0.2, -0.15) is 0 Å². The third-order valence-electron chi connectivity index (χ3n) is 3.90. The first-order chi connectivity index (χ1) is 12.0. The maximum absolute atomic E-state index is 12.3. The van der Waals surface area contributed by atoms with Crippen molar-refractivity contribution in [3.8, 4) is 5.75 Å². The minimum Gasteiger partial charge on any atom is -0.534 e. The molecule has 0 saturated carbocycles. The number of aromatic carboxylic acids is 1. The van der Waals surface area contributed by atoms with Crippen LogP contribution in [0.2, 0.25) is 0 Å². The van der Waals surface area contributed by atoms with Gasteiger partial charge in [0, 0.05) is 19.3 Å². The summed E-state index contributed by atoms with van der Waals surface area (Å²) < 4.78 is 5.34. The fraction of sp³-hybridized carbons (Fsp3) is 0.286. The lowest BCUT2D eigenvalue weighted by Crippen LogP contribution is -2.54. The third kappa shape index (κ3) is 3.53. The zero-order valence-corrected chi connectivity index (χ0v) is 13.2. The summed E-state index contributed by atoms with van der Waals surface area (Å²) in [6.45, 7) is 0.933. The van der Waals surface area contributed by atoms with Crippen LogP contribution >= 0.6 is 0 Å². The van der Waals surface area contributed by atoms with Crippen LogP contribution in [0.4, 0.5) is 0 Å². The molecule has 2 aliphatic heterocycles. The smallest absolute Gasteiger partial charge is 0.534 e. The molecule has 10 nitrogen and oxygen atoms in total. The molecule has 0 fully saturated rings. The summed E-state index contributed by atoms with van der Waals surface area (Å²) in [7, 11) is -1.35. The normalized spacial score (nSPS) is 18.8. The van der Waals surface area contributed by atoms with E-state index < -0.39 is 24.9 Å². The summed E-state index contributed by atoms with van der Waals surface area (Å²) in [4.78, 5) is 23.5. The van der Waals surface area contributed by atoms with E-state index in [-0.39, 0.29) is 23.4 Å². The minimum atomic E-state index is -1.35. The lowest BCUT2D eigenvalue weighted by Gasteiger charge is -2.28. The van der Waals surface area contributed by atoms with Crippen molar-refractivity contribution in [2.45, 2.75) is 12.4 Å². The first kappa shape index (κ1) is 17.1. The van der Waals surface area contributed by atoms with Crippen LogP contribution in [0.15, 0.2) is 30.1 Å². The van der Waals surface area contributed by atoms with E-state index in [1.165, 1.54) is 6.07 Å². The quantitative estimate of drug-likeness (QED) is 0.331. The molecule has 2 heterocycles. The van der Waals surface area contributed by atoms with Gasteiger partial charge in [-0.1, -0.05) is 12.1 Å². The number of hydrogen-bond acceptors (Lipinski definition) is 8. The second kappa shape index (κ2) is 7.01. The van der Waals surface area contributed by atoms with Crippen LogP contribution in [0.5, 0.6) is 5.75 Å². The second-order valence-corrected chi connectivity index (χ2v) is 5.65. The van der Waals surface area contributed by atoms with Gasteiger partial charge in [-0.15, -0.1) is 5.53 Å². The Balaban J connectivity index is 1.71. The Hall–Kier alpha value is -2.76. The van der Waals surface area contributed by atoms with Gasteiger partial charge in [0.25, 0.3) is 5.91 Å². The molecular formula is C14H18BN5O5. The molecule has 0 bridgehead atoms. The average Bonchev–Trinajstić information content (AvgIpc) is 3.04. The number of nitrogens with two attached hydrogens (primary N) is 1. The molecule has 7 N–H and O–H groups in total. The van der Waals surface area contributed by atoms with E-state index in [0.717, 1.165) is 0 Å². The Kier molecular flexibility index (Phi) is 4.79. The molecule has 132 valence electrons. The van der Waals surface area contributed by atoms with Crippen LogP contribution in [0.1, 0.15) is 15.9 Å². The summed E-state index contributed by atoms with van der Waals surface area (Å²) >= 11 is 0. The summed E-state index contributed by atoms with van der Waals surface area (Å²) in [5.41, 5.74) is 11.8. The van der Waals surface area contributed by atoms with E-state index in [9.17, 15) is 19.7 Å². The number of carboxylic acid groups (broad SMARTS) is 1. The standard InChI is InChI=1S/C14H18BN5O5/c16-4-5-20-7-10(18-19-20)13(21)17-11-6-8-2-1-3-9(14(22)23)12(8)25-15(11)24/h1-3,7,11,18-19,24H,4-6,16H2,(H,17,21)(H,22,23)/t11-/m0/s1. The van der Waals surface area contributed by atoms with Gasteiger partial charge >= 0.3 is 13.1 Å². The molecule has 0 aromatic heterocycles. The highest BCUT2D eigenvalue weighted by molar-refractivity contribution is 6.47. The molecule has 0 saturated heterocycles. The number of para-hydroxylation sites is 1. The summed E-state index contributed by atoms with van der Waals surface area (Å²) in [6, 6.07) is 4.69. The highest BCUT2D eigenvalue weighted by Gasteiger charge is 2.38. The molecule has 1 amide bonds. The third-order valence-corrected chi connectivity index (χ3v) is 3.90. The Morgan fingerprint density at radius 3 is 3.00 bits per heavy atom. The zero-order valence-electron chi connectivity index (χ0n) is 13.2. The molecule has 11 heteroatoms. The number of hydrogen-bond donors (Lipinski definition) is 6. The molecule has 0 unspecified atom stereocenters. The number of fused-ring (bicyclic) bond motifs is 1. The fourth-order valence-corrected chi connectivity index (χ4v) is 2.69. The van der Waals surface area contributed by atoms with Gasteiger partial charge in [0.2, 0.25) is 0 Å². The number of nitrogens with zero attached hydrogens (tertiary/aromatic N) is 1. The fourth-order valence-electron chi connectivity index (χ4n) is 2.69. The Labute approximate surface area is 143 Å². The van der Waals surface area contributed by atoms with Crippen LogP contribution in [0.3, 0.4) is 0 Å². The molecule has 0 aliphatic carbocycles. The SMILES string of the molecule is NCCN1C=C(C(=O)N[C@H]2Cc3cccc(C(=O)O)c3OB2O)NN1. The number of carbonyl (C=O) groups is 2. The Morgan fingerprint density at radius 1 is 1.48 bits per heavy atom. The monoisotopic (exact) mass is 347 g/mol. The molecule has 1 aromatic rings. The highest BCUT2D eigenvalue weighted by Crippen LogP contribution is 2.30. The maximum atomic E-state index is 12.3. The van der Waals surface area contributed by atoms with Gasteiger partial charge in [0.15, 0.2) is 0 Å². The van der Waals surface area contributed by atoms with Crippen molar-refractivity contribution in [2.24, 2.45) is 5.73 Å². The van der Waals surface area contributed by atoms with E-state index in [2.05, 4.69) is 16.3 Å². The predicted octanol–water partition coefficient (Wildman–Crippen LogP) is -2.05. The van der Waals surface area contributed by atoms with Crippen LogP contribution in [-0.2, 0) is 11.2 Å². The molecule has 2 aliphatic rings. The maximum Gasteiger partial charge on any atom is 0.547 e. The largest absolute Gasteiger partial charge is 0.547 e. The van der Waals surface area contributed by atoms with Crippen molar-refractivity contribution in [1.29, 1.82) is 0 Å². The number of carboxylic acids is 1. The van der Waals surface area contributed by atoms with E-state index in [1.807, 2.05) is 0 Å². The van der Waals surface area contributed by atoms with E-state index in [0.29, 0.717) is 18.7 Å². The molecule has 1 atom stereocenters. The van der Waals surface area contributed by atoms with Crippen molar-refractivity contribution in [1.82, 2.24) is 21.3 Å². The van der Waals surface area contributed by atoms with Crippen molar-refractivity contribution >= 4 is 19.0 Å².